The summed E-state index contributed by atoms with van der Waals surface area (Å²) in [6, 6.07) is 5.38. The Hall–Kier alpha value is -1.29. The van der Waals surface area contributed by atoms with Crippen LogP contribution in [-0.4, -0.2) is 79.3 Å². The van der Waals surface area contributed by atoms with Crippen LogP contribution in [0.1, 0.15) is 12.0 Å². The van der Waals surface area contributed by atoms with Gasteiger partial charge in [-0.2, -0.15) is 0 Å². The summed E-state index contributed by atoms with van der Waals surface area (Å²) in [6.07, 6.45) is -0.701. The molecular formula is C19H30Cl3N5O3. The van der Waals surface area contributed by atoms with Crippen molar-refractivity contribution in [3.8, 4) is 0 Å². The van der Waals surface area contributed by atoms with Crippen molar-refractivity contribution in [2.45, 2.75) is 31.5 Å². The van der Waals surface area contributed by atoms with E-state index in [0.717, 1.165) is 29.4 Å². The van der Waals surface area contributed by atoms with Crippen LogP contribution in [0.3, 0.4) is 0 Å². The molecule has 8 nitrogen and oxygen atoms in total. The molecule has 0 bridgehead atoms. The van der Waals surface area contributed by atoms with Gasteiger partial charge < -0.3 is 31.3 Å². The SMILES string of the molecule is Cc1c(Cl)cccc1N1CCN(C(=O)[C@H]2CC(NC(=O)[C@@H](O)CN)CN2)CC1.Cl.Cl. The van der Waals surface area contributed by atoms with Crippen LogP contribution in [0.25, 0.3) is 0 Å². The lowest BCUT2D eigenvalue weighted by atomic mass is 10.1. The van der Waals surface area contributed by atoms with Crippen LogP contribution in [0.2, 0.25) is 5.02 Å². The Morgan fingerprint density at radius 2 is 1.97 bits per heavy atom. The second kappa shape index (κ2) is 11.9. The molecule has 0 aliphatic carbocycles. The molecule has 5 N–H and O–H groups in total. The van der Waals surface area contributed by atoms with E-state index in [1.54, 1.807) is 0 Å². The molecule has 11 heteroatoms. The molecule has 2 aliphatic rings. The monoisotopic (exact) mass is 481 g/mol. The van der Waals surface area contributed by atoms with Gasteiger partial charge in [0.25, 0.3) is 0 Å². The first kappa shape index (κ1) is 26.7. The summed E-state index contributed by atoms with van der Waals surface area (Å²) in [5.74, 6) is -0.438. The van der Waals surface area contributed by atoms with Crippen molar-refractivity contribution in [3.63, 3.8) is 0 Å². The zero-order valence-corrected chi connectivity index (χ0v) is 19.2. The third kappa shape index (κ3) is 6.12. The largest absolute Gasteiger partial charge is 0.382 e. The Labute approximate surface area is 194 Å². The smallest absolute Gasteiger partial charge is 0.250 e. The van der Waals surface area contributed by atoms with E-state index in [0.29, 0.717) is 26.1 Å². The first-order chi connectivity index (χ1) is 13.4. The van der Waals surface area contributed by atoms with Gasteiger partial charge in [-0.25, -0.2) is 0 Å². The Bertz CT molecular complexity index is 731. The number of nitrogens with one attached hydrogen (secondary N) is 2. The number of benzene rings is 1. The van der Waals surface area contributed by atoms with Crippen molar-refractivity contribution < 1.29 is 14.7 Å². The molecule has 0 spiro atoms. The molecule has 0 aromatic heterocycles. The summed E-state index contributed by atoms with van der Waals surface area (Å²) < 4.78 is 0. The second-order valence-electron chi connectivity index (χ2n) is 7.35. The van der Waals surface area contributed by atoms with Crippen molar-refractivity contribution in [2.75, 3.05) is 44.2 Å². The Balaban J connectivity index is 0.00000225. The number of hydrogen-bond acceptors (Lipinski definition) is 6. The summed E-state index contributed by atoms with van der Waals surface area (Å²) >= 11 is 6.22. The molecule has 1 aromatic carbocycles. The zero-order valence-electron chi connectivity index (χ0n) is 16.8. The molecule has 0 radical (unpaired) electrons. The number of carbonyl (C=O) groups excluding carboxylic acids is 2. The molecule has 1 aromatic rings. The number of carbonyl (C=O) groups is 2. The van der Waals surface area contributed by atoms with Crippen LogP contribution in [0.5, 0.6) is 0 Å². The number of nitrogens with zero attached hydrogens (tertiary/aromatic N) is 2. The van der Waals surface area contributed by atoms with E-state index in [9.17, 15) is 14.7 Å². The summed E-state index contributed by atoms with van der Waals surface area (Å²) in [4.78, 5) is 28.7. The van der Waals surface area contributed by atoms with Gasteiger partial charge in [-0.15, -0.1) is 24.8 Å². The number of rotatable bonds is 5. The average Bonchev–Trinajstić information content (AvgIpc) is 3.17. The maximum absolute atomic E-state index is 12.8. The lowest BCUT2D eigenvalue weighted by molar-refractivity contribution is -0.133. The van der Waals surface area contributed by atoms with Gasteiger partial charge in [-0.3, -0.25) is 9.59 Å². The standard InChI is InChI=1S/C19H28ClN5O3.2ClH/c1-12-14(20)3-2-4-16(12)24-5-7-25(8-6-24)19(28)15-9-13(11-22-15)23-18(27)17(26)10-21;;/h2-4,13,15,17,22,26H,5-11,21H2,1H3,(H,23,27);2*1H/t13?,15-,17+;;/m1../s1. The van der Waals surface area contributed by atoms with E-state index >= 15 is 0 Å². The normalized spacial score (nSPS) is 22.0. The van der Waals surface area contributed by atoms with Crippen molar-refractivity contribution in [1.82, 2.24) is 15.5 Å². The summed E-state index contributed by atoms with van der Waals surface area (Å²) in [5, 5.41) is 16.1. The lowest BCUT2D eigenvalue weighted by Gasteiger charge is -2.38. The fraction of sp³-hybridized carbons (Fsp3) is 0.579. The summed E-state index contributed by atoms with van der Waals surface area (Å²) in [7, 11) is 0. The maximum atomic E-state index is 12.8. The number of aliphatic hydroxyl groups is 1. The van der Waals surface area contributed by atoms with E-state index in [1.165, 1.54) is 0 Å². The van der Waals surface area contributed by atoms with Gasteiger partial charge in [-0.05, 0) is 31.0 Å². The first-order valence-electron chi connectivity index (χ1n) is 9.61. The zero-order chi connectivity index (χ0) is 20.3. The van der Waals surface area contributed by atoms with Crippen LogP contribution >= 0.6 is 36.4 Å². The highest BCUT2D eigenvalue weighted by atomic mass is 35.5. The summed E-state index contributed by atoms with van der Waals surface area (Å²) in [5.41, 5.74) is 7.46. The van der Waals surface area contributed by atoms with Crippen molar-refractivity contribution in [1.29, 1.82) is 0 Å². The van der Waals surface area contributed by atoms with Gasteiger partial charge in [0.2, 0.25) is 11.8 Å². The van der Waals surface area contributed by atoms with Gasteiger partial charge in [0.05, 0.1) is 6.04 Å². The van der Waals surface area contributed by atoms with Gasteiger partial charge in [0.15, 0.2) is 0 Å². The molecular weight excluding hydrogens is 453 g/mol. The predicted octanol–water partition coefficient (Wildman–Crippen LogP) is 0.307. The van der Waals surface area contributed by atoms with Crippen LogP contribution < -0.4 is 21.3 Å². The number of anilines is 1. The highest BCUT2D eigenvalue weighted by molar-refractivity contribution is 6.31. The average molecular weight is 483 g/mol. The third-order valence-electron chi connectivity index (χ3n) is 5.47. The number of hydrogen-bond donors (Lipinski definition) is 4. The molecule has 1 unspecified atom stereocenters. The quantitative estimate of drug-likeness (QED) is 0.481. The van der Waals surface area contributed by atoms with Gasteiger partial charge >= 0.3 is 0 Å². The van der Waals surface area contributed by atoms with Crippen LogP contribution in [-0.2, 0) is 9.59 Å². The molecule has 3 rings (SSSR count). The van der Waals surface area contributed by atoms with Crippen molar-refractivity contribution >= 4 is 53.9 Å². The Kier molecular flexibility index (Phi) is 10.6. The molecule has 3 atom stereocenters. The van der Waals surface area contributed by atoms with Gasteiger partial charge in [0.1, 0.15) is 6.10 Å². The fourth-order valence-electron chi connectivity index (χ4n) is 3.76. The van der Waals surface area contributed by atoms with Crippen molar-refractivity contribution in [3.05, 3.63) is 28.8 Å². The molecule has 170 valence electrons. The molecule has 30 heavy (non-hydrogen) atoms. The molecule has 2 amide bonds. The fourth-order valence-corrected chi connectivity index (χ4v) is 3.93. The minimum absolute atomic E-state index is 0. The number of halogens is 3. The minimum atomic E-state index is -1.21. The second-order valence-corrected chi connectivity index (χ2v) is 7.76. The van der Waals surface area contributed by atoms with Crippen molar-refractivity contribution in [2.24, 2.45) is 5.73 Å². The number of aliphatic hydroxyl groups excluding tert-OH is 1. The first-order valence-corrected chi connectivity index (χ1v) is 9.99. The van der Waals surface area contributed by atoms with Crippen LogP contribution in [0.15, 0.2) is 18.2 Å². The van der Waals surface area contributed by atoms with E-state index in [1.807, 2.05) is 24.0 Å². The Morgan fingerprint density at radius 1 is 1.30 bits per heavy atom. The lowest BCUT2D eigenvalue weighted by Crippen LogP contribution is -2.53. The summed E-state index contributed by atoms with van der Waals surface area (Å²) in [6.45, 7) is 5.18. The molecule has 0 saturated carbocycles. The third-order valence-corrected chi connectivity index (χ3v) is 5.88. The molecule has 2 heterocycles. The topological polar surface area (TPSA) is 111 Å². The molecule has 2 fully saturated rings. The highest BCUT2D eigenvalue weighted by Crippen LogP contribution is 2.27. The molecule has 2 saturated heterocycles. The highest BCUT2D eigenvalue weighted by Gasteiger charge is 2.34. The van der Waals surface area contributed by atoms with E-state index in [2.05, 4.69) is 21.6 Å². The van der Waals surface area contributed by atoms with E-state index in [4.69, 9.17) is 17.3 Å². The number of nitrogens with two attached hydrogens (primary N) is 1. The van der Waals surface area contributed by atoms with Gasteiger partial charge in [-0.1, -0.05) is 17.7 Å². The number of piperazine rings is 1. The van der Waals surface area contributed by atoms with Gasteiger partial charge in [0, 0.05) is 56.0 Å². The Morgan fingerprint density at radius 3 is 2.60 bits per heavy atom. The molecule has 2 aliphatic heterocycles. The predicted molar refractivity (Wildman–Crippen MR) is 123 cm³/mol. The minimum Gasteiger partial charge on any atom is -0.382 e. The van der Waals surface area contributed by atoms with Crippen LogP contribution in [0, 0.1) is 6.92 Å². The number of amides is 2. The van der Waals surface area contributed by atoms with E-state index < -0.39 is 12.0 Å². The maximum Gasteiger partial charge on any atom is 0.250 e. The van der Waals surface area contributed by atoms with Crippen LogP contribution in [0.4, 0.5) is 5.69 Å². The van der Waals surface area contributed by atoms with E-state index in [-0.39, 0.29) is 49.3 Å².